The number of rotatable bonds is 4. The summed E-state index contributed by atoms with van der Waals surface area (Å²) in [7, 11) is 0. The van der Waals surface area contributed by atoms with Crippen molar-refractivity contribution in [3.8, 4) is 0 Å². The van der Waals surface area contributed by atoms with Gasteiger partial charge < -0.3 is 0 Å². The smallest absolute Gasteiger partial charge is 0.285 e. The zero-order valence-corrected chi connectivity index (χ0v) is 26.5. The van der Waals surface area contributed by atoms with Crippen LogP contribution in [0.4, 0.5) is 10.0 Å². The molecule has 38 heavy (non-hydrogen) atoms. The van der Waals surface area contributed by atoms with Crippen LogP contribution in [0.1, 0.15) is 62.4 Å². The van der Waals surface area contributed by atoms with Crippen molar-refractivity contribution in [1.82, 2.24) is 9.80 Å². The molecule has 2 amide bonds. The number of allylic oxidation sites excluding steroid dienone is 2. The lowest BCUT2D eigenvalue weighted by Gasteiger charge is -2.23. The molecule has 6 nitrogen and oxygen atoms in total. The summed E-state index contributed by atoms with van der Waals surface area (Å²) in [6.45, 7) is 14.0. The summed E-state index contributed by atoms with van der Waals surface area (Å²) >= 11 is 16.6. The summed E-state index contributed by atoms with van der Waals surface area (Å²) in [6, 6.07) is 4.27. The Morgan fingerprint density at radius 1 is 0.737 bits per heavy atom. The van der Waals surface area contributed by atoms with E-state index in [9.17, 15) is 9.59 Å². The molecule has 2 aromatic heterocycles. The van der Waals surface area contributed by atoms with Crippen molar-refractivity contribution in [3.63, 3.8) is 0 Å². The molecule has 0 N–H and O–H groups in total. The molecule has 6 rings (SSSR count). The van der Waals surface area contributed by atoms with Gasteiger partial charge in [-0.05, 0) is 71.8 Å². The number of thiocarbonyl (C=S) groups is 2. The molecule has 0 aromatic carbocycles. The molecular weight excluding hydrogens is 593 g/mol. The fourth-order valence-electron chi connectivity index (χ4n) is 5.50. The third-order valence-electron chi connectivity index (χ3n) is 7.46. The minimum Gasteiger partial charge on any atom is -0.292 e. The van der Waals surface area contributed by atoms with Gasteiger partial charge in [0.15, 0.2) is 10.1 Å². The highest BCUT2D eigenvalue weighted by Crippen LogP contribution is 2.67. The van der Waals surface area contributed by atoms with Gasteiger partial charge in [0.05, 0.1) is 0 Å². The average molecular weight is 617 g/mol. The number of aliphatic imine (C=N–C) groups is 2. The second-order valence-electron chi connectivity index (χ2n) is 10.3. The van der Waals surface area contributed by atoms with Crippen molar-refractivity contribution in [1.29, 1.82) is 0 Å². The Morgan fingerprint density at radius 3 is 1.42 bits per heavy atom. The van der Waals surface area contributed by atoms with Gasteiger partial charge in [-0.25, -0.2) is 9.98 Å². The van der Waals surface area contributed by atoms with Crippen LogP contribution >= 0.6 is 70.6 Å². The van der Waals surface area contributed by atoms with Crippen LogP contribution in [0.25, 0.3) is 11.1 Å². The molecule has 4 heterocycles. The summed E-state index contributed by atoms with van der Waals surface area (Å²) in [5.41, 5.74) is 4.68. The van der Waals surface area contributed by atoms with Crippen molar-refractivity contribution in [2.45, 2.75) is 52.4 Å². The van der Waals surface area contributed by atoms with Gasteiger partial charge in [0, 0.05) is 33.7 Å². The lowest BCUT2D eigenvalue weighted by molar-refractivity contribution is -0.120. The summed E-state index contributed by atoms with van der Waals surface area (Å²) in [4.78, 5) is 40.6. The standard InChI is InChI=1S/C26H24N4O2S6/c1-7-29-21(31)19(37-23(29)33)27-13-9-11-17(35-13)15-16(25(11,3)4)18-12(26(15,5)6)10-14(36-18)28-20-22(32)30(8-2)24(34)38-20/h9-10H,7-8H2,1-6H3. The van der Waals surface area contributed by atoms with Gasteiger partial charge in [-0.3, -0.25) is 19.4 Å². The minimum atomic E-state index is -0.229. The van der Waals surface area contributed by atoms with Crippen LogP contribution in [0, 0.1) is 0 Å². The van der Waals surface area contributed by atoms with E-state index >= 15 is 0 Å². The van der Waals surface area contributed by atoms with E-state index < -0.39 is 0 Å². The van der Waals surface area contributed by atoms with Gasteiger partial charge in [0.2, 0.25) is 0 Å². The number of hydrogen-bond donors (Lipinski definition) is 0. The van der Waals surface area contributed by atoms with E-state index in [0.717, 1.165) is 10.0 Å². The van der Waals surface area contributed by atoms with Crippen molar-refractivity contribution in [2.24, 2.45) is 9.98 Å². The van der Waals surface area contributed by atoms with Gasteiger partial charge in [0.1, 0.15) is 18.6 Å². The Balaban J connectivity index is 1.40. The van der Waals surface area contributed by atoms with Crippen molar-refractivity contribution in [2.75, 3.05) is 13.1 Å². The van der Waals surface area contributed by atoms with Gasteiger partial charge in [-0.1, -0.05) is 52.1 Å². The Labute approximate surface area is 248 Å². The molecule has 2 saturated heterocycles. The van der Waals surface area contributed by atoms with E-state index in [0.29, 0.717) is 31.8 Å². The molecule has 0 atom stereocenters. The minimum absolute atomic E-state index is 0.116. The number of thioether (sulfide) groups is 2. The maximum atomic E-state index is 12.7. The molecule has 196 valence electrons. The molecule has 4 aliphatic rings. The largest absolute Gasteiger partial charge is 0.292 e. The highest BCUT2D eigenvalue weighted by Gasteiger charge is 2.52. The number of carbonyl (C=O) groups excluding carboxylic acids is 2. The molecule has 0 unspecified atom stereocenters. The van der Waals surface area contributed by atoms with E-state index in [4.69, 9.17) is 34.4 Å². The van der Waals surface area contributed by atoms with Gasteiger partial charge in [-0.15, -0.1) is 22.7 Å². The first-order valence-corrected chi connectivity index (χ1v) is 16.3. The highest BCUT2D eigenvalue weighted by molar-refractivity contribution is 8.35. The van der Waals surface area contributed by atoms with Crippen LogP contribution in [-0.2, 0) is 20.4 Å². The second-order valence-corrected chi connectivity index (χ2v) is 15.6. The third kappa shape index (κ3) is 3.63. The van der Waals surface area contributed by atoms with E-state index in [1.807, 2.05) is 13.8 Å². The zero-order valence-electron chi connectivity index (χ0n) is 21.6. The molecule has 0 spiro atoms. The predicted molar refractivity (Wildman–Crippen MR) is 171 cm³/mol. The molecule has 2 aromatic rings. The zero-order chi connectivity index (χ0) is 27.3. The summed E-state index contributed by atoms with van der Waals surface area (Å²) in [6.07, 6.45) is 0. The Hall–Kier alpha value is -1.70. The monoisotopic (exact) mass is 616 g/mol. The quantitative estimate of drug-likeness (QED) is 0.341. The van der Waals surface area contributed by atoms with Crippen LogP contribution in [0.15, 0.2) is 22.1 Å². The number of nitrogens with zero attached hydrogens (tertiary/aromatic N) is 4. The first-order valence-electron chi connectivity index (χ1n) is 12.2. The first-order chi connectivity index (χ1) is 17.9. The number of hydrogen-bond acceptors (Lipinski definition) is 10. The topological polar surface area (TPSA) is 65.3 Å². The molecule has 2 fully saturated rings. The van der Waals surface area contributed by atoms with Gasteiger partial charge in [0.25, 0.3) is 11.8 Å². The molecule has 2 aliphatic carbocycles. The van der Waals surface area contributed by atoms with Crippen molar-refractivity contribution in [3.05, 3.63) is 33.0 Å². The fraction of sp³-hybridized carbons (Fsp3) is 0.385. The predicted octanol–water partition coefficient (Wildman–Crippen LogP) is 7.12. The first kappa shape index (κ1) is 26.5. The van der Waals surface area contributed by atoms with Gasteiger partial charge >= 0.3 is 0 Å². The number of fused-ring (bicyclic) bond motifs is 4. The van der Waals surface area contributed by atoms with Crippen LogP contribution < -0.4 is 0 Å². The van der Waals surface area contributed by atoms with E-state index in [1.165, 1.54) is 55.6 Å². The van der Waals surface area contributed by atoms with E-state index in [2.05, 4.69) is 39.8 Å². The average Bonchev–Trinajstić information content (AvgIpc) is 3.63. The SMILES string of the molecule is CCN1C(=O)C(=Nc2cc3c(s2)C2=C(c4sc(N=C5SC(=S)N(CC)C5=O)cc4C2(C)C)C3(C)C)SC1=S. The van der Waals surface area contributed by atoms with Crippen LogP contribution in [0.5, 0.6) is 0 Å². The van der Waals surface area contributed by atoms with Gasteiger partial charge in [-0.2, -0.15) is 0 Å². The molecular formula is C26H24N4O2S6. The summed E-state index contributed by atoms with van der Waals surface area (Å²) in [5, 5.41) is 2.55. The number of thiophene rings is 2. The maximum Gasteiger partial charge on any atom is 0.285 e. The number of carbonyl (C=O) groups is 2. The molecule has 0 bridgehead atoms. The second kappa shape index (κ2) is 8.90. The van der Waals surface area contributed by atoms with E-state index in [1.54, 1.807) is 32.5 Å². The van der Waals surface area contributed by atoms with E-state index in [-0.39, 0.29) is 22.6 Å². The highest BCUT2D eigenvalue weighted by atomic mass is 32.2. The van der Waals surface area contributed by atoms with Crippen LogP contribution in [-0.4, -0.2) is 53.4 Å². The Bertz CT molecular complexity index is 1470. The Kier molecular flexibility index (Phi) is 6.21. The molecule has 0 saturated carbocycles. The lowest BCUT2D eigenvalue weighted by atomic mass is 9.81. The molecule has 12 heteroatoms. The fourth-order valence-corrected chi connectivity index (χ4v) is 11.0. The maximum absolute atomic E-state index is 12.7. The molecule has 0 radical (unpaired) electrons. The lowest BCUT2D eigenvalue weighted by Crippen LogP contribution is -2.29. The van der Waals surface area contributed by atoms with Crippen molar-refractivity contribution >= 4 is 122 Å². The molecule has 2 aliphatic heterocycles. The van der Waals surface area contributed by atoms with Crippen LogP contribution in [0.2, 0.25) is 0 Å². The Morgan fingerprint density at radius 2 is 1.11 bits per heavy atom. The third-order valence-corrected chi connectivity index (χ3v) is 12.2. The summed E-state index contributed by atoms with van der Waals surface area (Å²) < 4.78 is 1.13. The summed E-state index contributed by atoms with van der Waals surface area (Å²) in [5.74, 6) is -0.232. The number of amides is 2. The van der Waals surface area contributed by atoms with Crippen molar-refractivity contribution < 1.29 is 9.59 Å². The normalized spacial score (nSPS) is 23.5. The van der Waals surface area contributed by atoms with Crippen LogP contribution in [0.3, 0.4) is 0 Å².